The zero-order valence-electron chi connectivity index (χ0n) is 37.5. The summed E-state index contributed by atoms with van der Waals surface area (Å²) in [5.41, 5.74) is -1.50. The number of hydrogen-bond acceptors (Lipinski definition) is 18. The zero-order chi connectivity index (χ0) is 53.1. The van der Waals surface area contributed by atoms with Crippen LogP contribution in [0.3, 0.4) is 0 Å². The molecule has 7 aromatic rings. The molecule has 0 amide bonds. The maximum atomic E-state index is 11.2. The van der Waals surface area contributed by atoms with E-state index in [9.17, 15) is 78.9 Å². The Morgan fingerprint density at radius 1 is 0.253 bits per heavy atom. The molecule has 18 nitrogen and oxygen atoms in total. The van der Waals surface area contributed by atoms with Crippen LogP contribution in [0.2, 0.25) is 0 Å². The van der Waals surface area contributed by atoms with Gasteiger partial charge in [0.1, 0.15) is 0 Å². The molecule has 0 bridgehead atoms. The van der Waals surface area contributed by atoms with E-state index in [0.29, 0.717) is 0 Å². The van der Waals surface area contributed by atoms with Crippen molar-refractivity contribution in [2.24, 2.45) is 0 Å². The molecule has 3 aliphatic heterocycles. The highest BCUT2D eigenvalue weighted by atomic mass is 15.0. The van der Waals surface area contributed by atoms with Crippen molar-refractivity contribution in [1.29, 1.82) is 78.9 Å². The molecule has 10 rings (SSSR count). The molecule has 0 fully saturated rings. The lowest BCUT2D eigenvalue weighted by atomic mass is 9.42. The van der Waals surface area contributed by atoms with E-state index in [0.717, 1.165) is 0 Å². The molecule has 3 aliphatic rings. The van der Waals surface area contributed by atoms with E-state index in [1.54, 1.807) is 0 Å². The molecular formula is C54H9B3N18. The summed E-state index contributed by atoms with van der Waals surface area (Å²) in [6.07, 6.45) is 0. The minimum absolute atomic E-state index is 0.000609. The third-order valence-corrected chi connectivity index (χ3v) is 13.4. The lowest BCUT2D eigenvalue weighted by Gasteiger charge is -2.17. The van der Waals surface area contributed by atoms with E-state index in [1.807, 2.05) is 54.6 Å². The summed E-state index contributed by atoms with van der Waals surface area (Å²) < 4.78 is 0. The highest BCUT2D eigenvalue weighted by Gasteiger charge is 2.44. The molecule has 0 radical (unpaired) electrons. The molecule has 0 atom stereocenters. The topological polar surface area (TPSA) is 396 Å². The predicted molar refractivity (Wildman–Crippen MR) is 261 cm³/mol. The molecule has 0 aliphatic carbocycles. The van der Waals surface area contributed by atoms with Gasteiger partial charge in [0.05, 0.1) is 156 Å². The van der Waals surface area contributed by atoms with Gasteiger partial charge in [0.25, 0.3) is 0 Å². The first-order valence-electron chi connectivity index (χ1n) is 21.5. The second-order valence-electron chi connectivity index (χ2n) is 16.7. The first-order valence-corrected chi connectivity index (χ1v) is 21.5. The summed E-state index contributed by atoms with van der Waals surface area (Å²) in [6, 6.07) is 36.3. The molecule has 0 spiro atoms. The Bertz CT molecular complexity index is 4230. The highest BCUT2D eigenvalue weighted by Crippen LogP contribution is 2.40. The molecule has 0 saturated carbocycles. The van der Waals surface area contributed by atoms with Gasteiger partial charge < -0.3 is 0 Å². The van der Waals surface area contributed by atoms with Gasteiger partial charge >= 0.3 is 20.1 Å². The number of nitrogens with zero attached hydrogens (tertiary/aromatic N) is 18. The van der Waals surface area contributed by atoms with E-state index < -0.39 is 37.6 Å². The van der Waals surface area contributed by atoms with Crippen LogP contribution in [0.5, 0.6) is 0 Å². The lowest BCUT2D eigenvalue weighted by Crippen LogP contribution is -2.40. The van der Waals surface area contributed by atoms with Gasteiger partial charge in [-0.1, -0.05) is 0 Å². The van der Waals surface area contributed by atoms with Gasteiger partial charge in [0, 0.05) is 17.9 Å². The van der Waals surface area contributed by atoms with Gasteiger partial charge in [0.2, 0.25) is 0 Å². The predicted octanol–water partition coefficient (Wildman–Crippen LogP) is 2.29. The van der Waals surface area contributed by atoms with Crippen molar-refractivity contribution in [3.63, 3.8) is 0 Å². The van der Waals surface area contributed by atoms with Crippen molar-refractivity contribution in [2.45, 2.75) is 0 Å². The van der Waals surface area contributed by atoms with Gasteiger partial charge in [-0.25, -0.2) is 30.7 Å². The van der Waals surface area contributed by atoms with Crippen molar-refractivity contribution < 1.29 is 0 Å². The minimum Gasteiger partial charge on any atom is -0.212 e. The smallest absolute Gasteiger partial charge is 0.212 e. The van der Waals surface area contributed by atoms with E-state index in [-0.39, 0.29) is 150 Å². The van der Waals surface area contributed by atoms with Crippen LogP contribution in [0.1, 0.15) is 66.8 Å². The molecule has 6 aromatic carbocycles. The number of fused-ring (bicyclic) bond motifs is 9. The van der Waals surface area contributed by atoms with Crippen molar-refractivity contribution in [2.75, 3.05) is 0 Å². The van der Waals surface area contributed by atoms with Crippen LogP contribution in [0.25, 0.3) is 67.5 Å². The minimum atomic E-state index is -1.34. The van der Waals surface area contributed by atoms with Crippen LogP contribution >= 0.6 is 0 Å². The maximum Gasteiger partial charge on any atom is 0.336 e. The summed E-state index contributed by atoms with van der Waals surface area (Å²) >= 11 is 0. The molecular weight excluding hydrogens is 933 g/mol. The maximum absolute atomic E-state index is 11.2. The first kappa shape index (κ1) is 45.6. The average molecular weight is 942 g/mol. The van der Waals surface area contributed by atoms with Gasteiger partial charge in [-0.3, -0.25) is 0 Å². The Morgan fingerprint density at radius 2 is 0.493 bits per heavy atom. The monoisotopic (exact) mass is 942 g/mol. The Hall–Kier alpha value is -13.1. The van der Waals surface area contributed by atoms with Gasteiger partial charge in [0.15, 0.2) is 17.5 Å². The molecule has 1 aromatic heterocycles. The van der Waals surface area contributed by atoms with Crippen LogP contribution < -0.4 is 32.8 Å². The Morgan fingerprint density at radius 3 is 0.693 bits per heavy atom. The fourth-order valence-corrected chi connectivity index (χ4v) is 10.5. The van der Waals surface area contributed by atoms with Crippen molar-refractivity contribution >= 4 is 52.9 Å². The number of nitriles is 15. The molecule has 0 N–H and O–H groups in total. The quantitative estimate of drug-likeness (QED) is 0.229. The van der Waals surface area contributed by atoms with E-state index >= 15 is 0 Å². The van der Waals surface area contributed by atoms with Gasteiger partial charge in [-0.05, 0) is 121 Å². The number of benzene rings is 6. The van der Waals surface area contributed by atoms with E-state index in [1.165, 1.54) is 54.6 Å². The highest BCUT2D eigenvalue weighted by molar-refractivity contribution is 6.97. The SMILES string of the molecule is N#CB1c2c(C#N)cc(C#N)cc2-c2cc(C#N)c(-c3nc(-c4c(C#N)cc5c(c4C#N)B(C#N)c4c(C#N)cc(C#N)cc4-5)nc(-c4c(C#N)cc5c(c4C#N)B(C#N)c4c(C#N)cc(C#N)cc4-5)n3)c(C#N)c21. The number of hydrogen-bond donors (Lipinski definition) is 0. The summed E-state index contributed by atoms with van der Waals surface area (Å²) in [7, 11) is 0. The fourth-order valence-electron chi connectivity index (χ4n) is 10.5. The molecule has 0 unspecified atom stereocenters. The van der Waals surface area contributed by atoms with Crippen molar-refractivity contribution in [1.82, 2.24) is 15.0 Å². The number of rotatable bonds is 3. The van der Waals surface area contributed by atoms with Gasteiger partial charge in [-0.15, -0.1) is 0 Å². The van der Waals surface area contributed by atoms with E-state index in [4.69, 9.17) is 15.0 Å². The van der Waals surface area contributed by atoms with Crippen LogP contribution in [0, 0.1) is 170 Å². The Kier molecular flexibility index (Phi) is 10.4. The zero-order valence-corrected chi connectivity index (χ0v) is 37.5. The Balaban J connectivity index is 1.36. The largest absolute Gasteiger partial charge is 0.336 e. The van der Waals surface area contributed by atoms with E-state index in [2.05, 4.69) is 36.1 Å². The average Bonchev–Trinajstić information content (AvgIpc) is 4.14. The number of aromatic nitrogens is 3. The first-order chi connectivity index (χ1) is 36.5. The standard InChI is InChI=1S/C54H9B3N18/c58-10-25-1-31(16-64)46-34(4-25)37-7-28(13-61)43(40(19-67)49(37)55(46)22-70)52-73-53(44-29(14-62)8-38-35-5-26(11-59)2-32(17-65)47(35)56(23-71)50(38)41(44)20-68)75-54(74-52)45-30(15-63)9-39-36-6-27(12-60)3-33(18-66)48(36)57(24-72)51(39)42(45)21-69/h1-9H. The fraction of sp³-hybridized carbons (Fsp3) is 0. The summed E-state index contributed by atoms with van der Waals surface area (Å²) in [5.74, 6) is 4.76. The summed E-state index contributed by atoms with van der Waals surface area (Å²) in [4.78, 5) is 14.2. The lowest BCUT2D eigenvalue weighted by molar-refractivity contribution is 1.07. The van der Waals surface area contributed by atoms with Crippen molar-refractivity contribution in [3.8, 4) is 158 Å². The molecule has 21 heteroatoms. The van der Waals surface area contributed by atoms with Gasteiger partial charge in [-0.2, -0.15) is 63.1 Å². The van der Waals surface area contributed by atoms with Crippen molar-refractivity contribution in [3.05, 3.63) is 121 Å². The van der Waals surface area contributed by atoms with Crippen LogP contribution in [-0.4, -0.2) is 35.1 Å². The van der Waals surface area contributed by atoms with Crippen LogP contribution in [0.4, 0.5) is 0 Å². The summed E-state index contributed by atoms with van der Waals surface area (Å²) in [6.45, 7) is -4.02. The Labute approximate surface area is 424 Å². The third-order valence-electron chi connectivity index (χ3n) is 13.4. The second kappa shape index (κ2) is 17.1. The normalized spacial score (nSPS) is 10.9. The molecule has 4 heterocycles. The summed E-state index contributed by atoms with van der Waals surface area (Å²) in [5, 5.41) is 159. The second-order valence-corrected chi connectivity index (χ2v) is 16.7. The molecule has 324 valence electrons. The van der Waals surface area contributed by atoms with Crippen LogP contribution in [0.15, 0.2) is 54.6 Å². The van der Waals surface area contributed by atoms with Crippen LogP contribution in [-0.2, 0) is 0 Å². The third kappa shape index (κ3) is 6.17. The molecule has 0 saturated heterocycles. The molecule has 75 heavy (non-hydrogen) atoms.